The zero-order valence-corrected chi connectivity index (χ0v) is 20.4. The molecule has 0 unspecified atom stereocenters. The van der Waals surface area contributed by atoms with E-state index in [0.29, 0.717) is 0 Å². The lowest BCUT2D eigenvalue weighted by atomic mass is 9.99. The minimum Gasteiger partial charge on any atom is -0.463 e. The van der Waals surface area contributed by atoms with Gasteiger partial charge >= 0.3 is 23.9 Å². The van der Waals surface area contributed by atoms with E-state index in [0.717, 1.165) is 25.0 Å². The predicted octanol–water partition coefficient (Wildman–Crippen LogP) is 3.16. The fourth-order valence-electron chi connectivity index (χ4n) is 3.40. The summed E-state index contributed by atoms with van der Waals surface area (Å²) in [5.41, 5.74) is -0.689. The molecule has 1 heterocycles. The Kier molecular flexibility index (Phi) is 13.3. The Labute approximate surface area is 194 Å². The Morgan fingerprint density at radius 2 is 1.25 bits per heavy atom. The second-order valence-corrected chi connectivity index (χ2v) is 8.91. The van der Waals surface area contributed by atoms with E-state index in [9.17, 15) is 19.2 Å². The van der Waals surface area contributed by atoms with Crippen LogP contribution < -0.4 is 0 Å². The van der Waals surface area contributed by atoms with Gasteiger partial charge in [-0.3, -0.25) is 19.2 Å². The maximum absolute atomic E-state index is 11.8. The third kappa shape index (κ3) is 10.7. The molecule has 32 heavy (non-hydrogen) atoms. The Bertz CT molecular complexity index is 625. The van der Waals surface area contributed by atoms with Crippen LogP contribution >= 0.6 is 11.8 Å². The summed E-state index contributed by atoms with van der Waals surface area (Å²) in [5, 5.41) is 0. The van der Waals surface area contributed by atoms with Gasteiger partial charge in [-0.15, -0.1) is 11.8 Å². The zero-order valence-electron chi connectivity index (χ0n) is 19.6. The van der Waals surface area contributed by atoms with E-state index < -0.39 is 53.7 Å². The molecule has 0 bridgehead atoms. The van der Waals surface area contributed by atoms with Crippen molar-refractivity contribution in [1.29, 1.82) is 0 Å². The standard InChI is InChI=1S/C22H36O9S/c1-6-7-8-9-10-11-12-32-22-21(30-17(5)26)20(29-16(4)25)19(28-15(3)24)18(31-22)13-27-14(2)23/h18-22H,6-13H2,1-5H3/t18-,19-,20+,21+,22+/m1/s1. The molecular weight excluding hydrogens is 440 g/mol. The first-order valence-corrected chi connectivity index (χ1v) is 12.1. The highest BCUT2D eigenvalue weighted by Gasteiger charge is 2.52. The maximum Gasteiger partial charge on any atom is 0.303 e. The van der Waals surface area contributed by atoms with Gasteiger partial charge in [0.2, 0.25) is 0 Å². The molecule has 184 valence electrons. The highest BCUT2D eigenvalue weighted by molar-refractivity contribution is 7.99. The van der Waals surface area contributed by atoms with E-state index >= 15 is 0 Å². The molecule has 0 aromatic carbocycles. The van der Waals surface area contributed by atoms with Crippen LogP contribution in [0, 0.1) is 0 Å². The van der Waals surface area contributed by atoms with Crippen LogP contribution in [-0.2, 0) is 42.9 Å². The smallest absolute Gasteiger partial charge is 0.303 e. The van der Waals surface area contributed by atoms with Gasteiger partial charge in [-0.1, -0.05) is 39.0 Å². The van der Waals surface area contributed by atoms with Gasteiger partial charge in [-0.25, -0.2) is 0 Å². The molecule has 5 atom stereocenters. The van der Waals surface area contributed by atoms with Crippen molar-refractivity contribution in [3.05, 3.63) is 0 Å². The summed E-state index contributed by atoms with van der Waals surface area (Å²) in [7, 11) is 0. The summed E-state index contributed by atoms with van der Waals surface area (Å²) in [6.07, 6.45) is 2.67. The molecule has 1 saturated heterocycles. The molecule has 0 N–H and O–H groups in total. The number of carbonyl (C=O) groups is 4. The molecule has 0 saturated carbocycles. The molecule has 0 aliphatic carbocycles. The van der Waals surface area contributed by atoms with E-state index in [4.69, 9.17) is 23.7 Å². The second-order valence-electron chi connectivity index (χ2n) is 7.71. The monoisotopic (exact) mass is 476 g/mol. The van der Waals surface area contributed by atoms with Gasteiger partial charge < -0.3 is 23.7 Å². The van der Waals surface area contributed by atoms with Crippen LogP contribution in [0.15, 0.2) is 0 Å². The SMILES string of the molecule is CCCCCCCCS[C@@H]1O[C@H](COC(C)=O)[C@@H](OC(C)=O)[C@H](OC(C)=O)[C@@H]1OC(C)=O. The molecule has 1 aliphatic heterocycles. The van der Waals surface area contributed by atoms with Crippen molar-refractivity contribution in [2.24, 2.45) is 0 Å². The molecule has 0 aromatic heterocycles. The minimum atomic E-state index is -1.11. The first-order valence-electron chi connectivity index (χ1n) is 11.1. The summed E-state index contributed by atoms with van der Waals surface area (Å²) in [5.74, 6) is -1.64. The fourth-order valence-corrected chi connectivity index (χ4v) is 4.63. The topological polar surface area (TPSA) is 114 Å². The molecule has 9 nitrogen and oxygen atoms in total. The van der Waals surface area contributed by atoms with Crippen molar-refractivity contribution in [3.63, 3.8) is 0 Å². The lowest BCUT2D eigenvalue weighted by Gasteiger charge is -2.44. The van der Waals surface area contributed by atoms with Crippen LogP contribution in [0.1, 0.15) is 73.1 Å². The highest BCUT2D eigenvalue weighted by Crippen LogP contribution is 2.34. The third-order valence-corrected chi connectivity index (χ3v) is 5.96. The lowest BCUT2D eigenvalue weighted by Crippen LogP contribution is -2.61. The molecule has 1 rings (SSSR count). The van der Waals surface area contributed by atoms with Gasteiger partial charge in [-0.2, -0.15) is 0 Å². The number of unbranched alkanes of at least 4 members (excludes halogenated alkanes) is 5. The van der Waals surface area contributed by atoms with Crippen LogP contribution in [0.3, 0.4) is 0 Å². The normalized spacial score (nSPS) is 25.0. The van der Waals surface area contributed by atoms with Crippen LogP contribution in [0.2, 0.25) is 0 Å². The molecule has 0 radical (unpaired) electrons. The largest absolute Gasteiger partial charge is 0.463 e. The molecule has 1 aliphatic rings. The van der Waals surface area contributed by atoms with Crippen molar-refractivity contribution >= 4 is 35.6 Å². The Morgan fingerprint density at radius 1 is 0.719 bits per heavy atom. The van der Waals surface area contributed by atoms with E-state index in [1.54, 1.807) is 0 Å². The molecule has 0 aromatic rings. The lowest BCUT2D eigenvalue weighted by molar-refractivity contribution is -0.237. The van der Waals surface area contributed by atoms with Gasteiger partial charge in [0.15, 0.2) is 18.3 Å². The van der Waals surface area contributed by atoms with E-state index in [2.05, 4.69) is 6.92 Å². The van der Waals surface area contributed by atoms with Crippen LogP contribution in [0.5, 0.6) is 0 Å². The number of esters is 4. The molecule has 10 heteroatoms. The summed E-state index contributed by atoms with van der Waals surface area (Å²) < 4.78 is 27.4. The number of hydrogen-bond acceptors (Lipinski definition) is 10. The average molecular weight is 477 g/mol. The van der Waals surface area contributed by atoms with E-state index in [1.165, 1.54) is 58.7 Å². The highest BCUT2D eigenvalue weighted by atomic mass is 32.2. The summed E-state index contributed by atoms with van der Waals surface area (Å²) >= 11 is 1.43. The van der Waals surface area contributed by atoms with E-state index in [-0.39, 0.29) is 6.61 Å². The quantitative estimate of drug-likeness (QED) is 0.223. The maximum atomic E-state index is 11.8. The minimum absolute atomic E-state index is 0.202. The molecule has 0 amide bonds. The van der Waals surface area contributed by atoms with Crippen LogP contribution in [0.25, 0.3) is 0 Å². The zero-order chi connectivity index (χ0) is 24.1. The third-order valence-electron chi connectivity index (χ3n) is 4.73. The summed E-state index contributed by atoms with van der Waals surface area (Å²) in [6.45, 7) is 6.87. The number of hydrogen-bond donors (Lipinski definition) is 0. The number of carbonyl (C=O) groups excluding carboxylic acids is 4. The van der Waals surface area contributed by atoms with Gasteiger partial charge in [0.05, 0.1) is 0 Å². The number of ether oxygens (including phenoxy) is 5. The first kappa shape index (κ1) is 28.2. The van der Waals surface area contributed by atoms with Crippen molar-refractivity contribution in [2.45, 2.75) is 103 Å². The van der Waals surface area contributed by atoms with Crippen molar-refractivity contribution in [2.75, 3.05) is 12.4 Å². The number of rotatable bonds is 13. The fraction of sp³-hybridized carbons (Fsp3) is 0.818. The van der Waals surface area contributed by atoms with Crippen LogP contribution in [0.4, 0.5) is 0 Å². The average Bonchev–Trinajstić information content (AvgIpc) is 2.68. The van der Waals surface area contributed by atoms with Gasteiger partial charge in [0.25, 0.3) is 0 Å². The van der Waals surface area contributed by atoms with E-state index in [1.807, 2.05) is 0 Å². The van der Waals surface area contributed by atoms with Gasteiger partial charge in [-0.05, 0) is 12.2 Å². The van der Waals surface area contributed by atoms with Crippen molar-refractivity contribution < 1.29 is 42.9 Å². The van der Waals surface area contributed by atoms with Crippen LogP contribution in [-0.4, -0.2) is 66.1 Å². The van der Waals surface area contributed by atoms with Crippen molar-refractivity contribution in [1.82, 2.24) is 0 Å². The van der Waals surface area contributed by atoms with Gasteiger partial charge in [0, 0.05) is 27.7 Å². The van der Waals surface area contributed by atoms with Gasteiger partial charge in [0.1, 0.15) is 18.1 Å². The predicted molar refractivity (Wildman–Crippen MR) is 118 cm³/mol. The molecular formula is C22H36O9S. The first-order chi connectivity index (χ1) is 15.1. The Morgan fingerprint density at radius 3 is 1.81 bits per heavy atom. The molecule has 1 fully saturated rings. The summed E-state index contributed by atoms with van der Waals surface area (Å²) in [6, 6.07) is 0. The molecule has 0 spiro atoms. The summed E-state index contributed by atoms with van der Waals surface area (Å²) in [4.78, 5) is 46.6. The Hall–Kier alpha value is -1.81. The second kappa shape index (κ2) is 15.1. The number of thioether (sulfide) groups is 1. The van der Waals surface area contributed by atoms with Crippen molar-refractivity contribution in [3.8, 4) is 0 Å². The Balaban J connectivity index is 3.01.